The lowest BCUT2D eigenvalue weighted by atomic mass is 10.1. The van der Waals surface area contributed by atoms with Gasteiger partial charge < -0.3 is 15.0 Å². The highest BCUT2D eigenvalue weighted by Gasteiger charge is 2.26. The molecule has 1 aliphatic rings. The van der Waals surface area contributed by atoms with E-state index in [0.717, 1.165) is 19.1 Å². The second kappa shape index (κ2) is 7.33. The molecule has 0 radical (unpaired) electrons. The first-order valence-corrected chi connectivity index (χ1v) is 10.2. The maximum absolute atomic E-state index is 11.9. The average molecular weight is 391 g/mol. The molecular formula is C15H23ClN4O4S. The van der Waals surface area contributed by atoms with Crippen LogP contribution in [0.15, 0.2) is 11.2 Å². The first-order chi connectivity index (χ1) is 11.4. The van der Waals surface area contributed by atoms with Gasteiger partial charge in [-0.2, -0.15) is 0 Å². The number of sulfone groups is 1. The topological polar surface area (TPSA) is 101 Å². The summed E-state index contributed by atoms with van der Waals surface area (Å²) in [5, 5.41) is 2.59. The van der Waals surface area contributed by atoms with Crippen LogP contribution in [0.4, 0.5) is 10.6 Å². The highest BCUT2D eigenvalue weighted by molar-refractivity contribution is 7.90. The summed E-state index contributed by atoms with van der Waals surface area (Å²) in [6, 6.07) is 1.39. The number of carbonyl (C=O) groups is 1. The minimum Gasteiger partial charge on any atom is -0.444 e. The van der Waals surface area contributed by atoms with Crippen LogP contribution in [-0.2, 0) is 14.6 Å². The lowest BCUT2D eigenvalue weighted by Gasteiger charge is -2.34. The molecule has 1 N–H and O–H groups in total. The van der Waals surface area contributed by atoms with E-state index in [1.54, 1.807) is 20.8 Å². The van der Waals surface area contributed by atoms with Crippen molar-refractivity contribution >= 4 is 33.3 Å². The highest BCUT2D eigenvalue weighted by atomic mass is 35.5. The Kier molecular flexibility index (Phi) is 5.78. The number of piperidine rings is 1. The summed E-state index contributed by atoms with van der Waals surface area (Å²) < 4.78 is 28.6. The van der Waals surface area contributed by atoms with E-state index in [0.29, 0.717) is 18.9 Å². The molecule has 0 spiro atoms. The van der Waals surface area contributed by atoms with E-state index in [1.165, 1.54) is 6.07 Å². The predicted molar refractivity (Wildman–Crippen MR) is 94.8 cm³/mol. The maximum Gasteiger partial charge on any atom is 0.407 e. The van der Waals surface area contributed by atoms with Gasteiger partial charge >= 0.3 is 6.09 Å². The van der Waals surface area contributed by atoms with Crippen molar-refractivity contribution < 1.29 is 17.9 Å². The third-order valence-electron chi connectivity index (χ3n) is 3.46. The number of carbonyl (C=O) groups excluding carboxylic acids is 1. The number of anilines is 1. The van der Waals surface area contributed by atoms with Gasteiger partial charge in [-0.15, -0.1) is 0 Å². The summed E-state index contributed by atoms with van der Waals surface area (Å²) in [5.74, 6) is 0.427. The third kappa shape index (κ3) is 6.00. The number of rotatable bonds is 3. The Bertz CT molecular complexity index is 748. The number of amides is 1. The lowest BCUT2D eigenvalue weighted by molar-refractivity contribution is 0.0500. The Labute approximate surface area is 152 Å². The Balaban J connectivity index is 2.11. The Hall–Kier alpha value is -1.61. The van der Waals surface area contributed by atoms with Gasteiger partial charge in [0.05, 0.1) is 0 Å². The van der Waals surface area contributed by atoms with Gasteiger partial charge in [0.1, 0.15) is 16.6 Å². The van der Waals surface area contributed by atoms with E-state index < -0.39 is 21.5 Å². The summed E-state index contributed by atoms with van der Waals surface area (Å²) in [4.78, 5) is 21.7. The molecule has 0 aliphatic carbocycles. The summed E-state index contributed by atoms with van der Waals surface area (Å²) in [7, 11) is -3.56. The molecule has 10 heteroatoms. The fourth-order valence-electron chi connectivity index (χ4n) is 2.49. The molecule has 25 heavy (non-hydrogen) atoms. The van der Waals surface area contributed by atoms with Crippen LogP contribution in [-0.4, -0.2) is 55.5 Å². The van der Waals surface area contributed by atoms with E-state index in [4.69, 9.17) is 16.3 Å². The van der Waals surface area contributed by atoms with Crippen molar-refractivity contribution in [1.82, 2.24) is 15.3 Å². The largest absolute Gasteiger partial charge is 0.444 e. The zero-order chi connectivity index (χ0) is 18.8. The summed E-state index contributed by atoms with van der Waals surface area (Å²) in [6.45, 7) is 6.57. The van der Waals surface area contributed by atoms with E-state index in [1.807, 2.05) is 4.90 Å². The number of nitrogens with one attached hydrogen (secondary N) is 1. The molecule has 1 atom stereocenters. The minimum absolute atomic E-state index is 0.0626. The quantitative estimate of drug-likeness (QED) is 0.622. The van der Waals surface area contributed by atoms with Crippen molar-refractivity contribution in [3.8, 4) is 0 Å². The fraction of sp³-hybridized carbons (Fsp3) is 0.667. The van der Waals surface area contributed by atoms with Crippen molar-refractivity contribution in [1.29, 1.82) is 0 Å². The van der Waals surface area contributed by atoms with Gasteiger partial charge in [0.2, 0.25) is 15.0 Å². The highest BCUT2D eigenvalue weighted by Crippen LogP contribution is 2.22. The van der Waals surface area contributed by atoms with Gasteiger partial charge in [-0.25, -0.2) is 23.2 Å². The second-order valence-electron chi connectivity index (χ2n) is 7.04. The molecule has 0 bridgehead atoms. The monoisotopic (exact) mass is 390 g/mol. The van der Waals surface area contributed by atoms with Gasteiger partial charge in [-0.1, -0.05) is 11.6 Å². The van der Waals surface area contributed by atoms with E-state index in [-0.39, 0.29) is 16.4 Å². The molecule has 2 heterocycles. The predicted octanol–water partition coefficient (Wildman–Crippen LogP) is 2.03. The number of hydrogen-bond donors (Lipinski definition) is 1. The Morgan fingerprint density at radius 3 is 2.68 bits per heavy atom. The van der Waals surface area contributed by atoms with Crippen LogP contribution < -0.4 is 10.2 Å². The van der Waals surface area contributed by atoms with Gasteiger partial charge in [-0.3, -0.25) is 0 Å². The molecule has 0 aromatic carbocycles. The van der Waals surface area contributed by atoms with Gasteiger partial charge in [-0.05, 0) is 33.6 Å². The SMILES string of the molecule is CC(C)(C)OC(=O)NC1CCCN(c2cc(Cl)nc(S(C)(=O)=O)n2)C1. The molecule has 1 amide bonds. The van der Waals surface area contributed by atoms with Crippen molar-refractivity contribution in [2.75, 3.05) is 24.2 Å². The van der Waals surface area contributed by atoms with E-state index >= 15 is 0 Å². The maximum atomic E-state index is 11.9. The molecule has 1 fully saturated rings. The number of nitrogens with zero attached hydrogens (tertiary/aromatic N) is 3. The van der Waals surface area contributed by atoms with Gasteiger partial charge in [0, 0.05) is 31.5 Å². The van der Waals surface area contributed by atoms with Crippen molar-refractivity contribution in [3.05, 3.63) is 11.2 Å². The molecule has 8 nitrogen and oxygen atoms in total. The first kappa shape index (κ1) is 19.7. The van der Waals surface area contributed by atoms with Gasteiger partial charge in [0.15, 0.2) is 0 Å². The van der Waals surface area contributed by atoms with Crippen molar-refractivity contribution in [2.24, 2.45) is 0 Å². The minimum atomic E-state index is -3.56. The first-order valence-electron chi connectivity index (χ1n) is 7.93. The van der Waals surface area contributed by atoms with Crippen LogP contribution in [0.1, 0.15) is 33.6 Å². The standard InChI is InChI=1S/C15H23ClN4O4S/c1-15(2,3)24-14(21)17-10-6-5-7-20(9-10)12-8-11(16)18-13(19-12)25(4,22)23/h8,10H,5-7,9H2,1-4H3,(H,17,21). The van der Waals surface area contributed by atoms with E-state index in [9.17, 15) is 13.2 Å². The second-order valence-corrected chi connectivity index (χ2v) is 9.33. The van der Waals surface area contributed by atoms with Crippen LogP contribution in [0, 0.1) is 0 Å². The normalized spacial score (nSPS) is 18.8. The molecule has 1 aliphatic heterocycles. The summed E-state index contributed by atoms with van der Waals surface area (Å²) >= 11 is 5.94. The molecule has 0 saturated carbocycles. The average Bonchev–Trinajstić information content (AvgIpc) is 2.43. The summed E-state index contributed by atoms with van der Waals surface area (Å²) in [6.07, 6.45) is 2.17. The number of halogens is 1. The molecule has 140 valence electrons. The molecular weight excluding hydrogens is 368 g/mol. The zero-order valence-electron chi connectivity index (χ0n) is 14.7. The fourth-order valence-corrected chi connectivity index (χ4v) is 3.24. The molecule has 1 unspecified atom stereocenters. The van der Waals surface area contributed by atoms with Crippen LogP contribution >= 0.6 is 11.6 Å². The number of hydrogen-bond acceptors (Lipinski definition) is 7. The van der Waals surface area contributed by atoms with Crippen LogP contribution in [0.25, 0.3) is 0 Å². The molecule has 1 saturated heterocycles. The Morgan fingerprint density at radius 2 is 2.08 bits per heavy atom. The lowest BCUT2D eigenvalue weighted by Crippen LogP contribution is -2.49. The van der Waals surface area contributed by atoms with Crippen molar-refractivity contribution in [3.63, 3.8) is 0 Å². The van der Waals surface area contributed by atoms with E-state index in [2.05, 4.69) is 15.3 Å². The smallest absolute Gasteiger partial charge is 0.407 e. The Morgan fingerprint density at radius 1 is 1.40 bits per heavy atom. The molecule has 1 aromatic heterocycles. The molecule has 1 aromatic rings. The molecule has 2 rings (SSSR count). The number of ether oxygens (including phenoxy) is 1. The number of alkyl carbamates (subject to hydrolysis) is 1. The van der Waals surface area contributed by atoms with Gasteiger partial charge in [0.25, 0.3) is 0 Å². The van der Waals surface area contributed by atoms with Crippen LogP contribution in [0.5, 0.6) is 0 Å². The van der Waals surface area contributed by atoms with Crippen LogP contribution in [0.3, 0.4) is 0 Å². The number of aromatic nitrogens is 2. The zero-order valence-corrected chi connectivity index (χ0v) is 16.3. The summed E-state index contributed by atoms with van der Waals surface area (Å²) in [5.41, 5.74) is -0.566. The van der Waals surface area contributed by atoms with Crippen molar-refractivity contribution in [2.45, 2.75) is 50.4 Å². The van der Waals surface area contributed by atoms with Crippen LogP contribution in [0.2, 0.25) is 5.15 Å². The third-order valence-corrected chi connectivity index (χ3v) is 4.50.